The lowest BCUT2D eigenvalue weighted by molar-refractivity contribution is 0.206. The van der Waals surface area contributed by atoms with Crippen molar-refractivity contribution in [2.75, 3.05) is 13.1 Å². The Labute approximate surface area is 142 Å². The van der Waals surface area contributed by atoms with Crippen LogP contribution in [0.15, 0.2) is 18.3 Å². The van der Waals surface area contributed by atoms with E-state index in [1.807, 2.05) is 6.07 Å². The third kappa shape index (κ3) is 2.78. The molecule has 2 heterocycles. The van der Waals surface area contributed by atoms with Gasteiger partial charge < -0.3 is 4.74 Å². The molecule has 3 fully saturated rings. The Morgan fingerprint density at radius 3 is 2.75 bits per heavy atom. The van der Waals surface area contributed by atoms with Crippen LogP contribution in [0.25, 0.3) is 0 Å². The van der Waals surface area contributed by atoms with Gasteiger partial charge in [0.1, 0.15) is 12.2 Å². The summed E-state index contributed by atoms with van der Waals surface area (Å²) in [7, 11) is -3.22. The summed E-state index contributed by atoms with van der Waals surface area (Å²) in [6.45, 7) is 0.926. The molecule has 2 saturated carbocycles. The first-order chi connectivity index (χ1) is 11.6. The van der Waals surface area contributed by atoms with E-state index in [2.05, 4.69) is 4.98 Å². The van der Waals surface area contributed by atoms with E-state index >= 15 is 0 Å². The molecule has 1 aromatic heterocycles. The standard InChI is InChI=1S/C17H21N3O3S/c18-9-13-2-4-17(19-10-13)23-15-5-6-20(11-15)24(21,22)16-8-12-1-3-14(16)7-12/h2,4,10,12,14-16H,1,3,5-8,11H2/t12-,14+,15?,16?/m1/s1. The van der Waals surface area contributed by atoms with Gasteiger partial charge in [-0.1, -0.05) is 6.42 Å². The average molecular weight is 347 g/mol. The van der Waals surface area contributed by atoms with Crippen LogP contribution in [0, 0.1) is 23.2 Å². The number of aromatic nitrogens is 1. The van der Waals surface area contributed by atoms with E-state index in [9.17, 15) is 8.42 Å². The topological polar surface area (TPSA) is 83.3 Å². The highest BCUT2D eigenvalue weighted by Gasteiger charge is 2.49. The van der Waals surface area contributed by atoms with Crippen molar-refractivity contribution in [2.45, 2.75) is 43.5 Å². The summed E-state index contributed by atoms with van der Waals surface area (Å²) in [5.74, 6) is 1.42. The number of sulfonamides is 1. The smallest absolute Gasteiger partial charge is 0.217 e. The van der Waals surface area contributed by atoms with E-state index in [4.69, 9.17) is 10.00 Å². The van der Waals surface area contributed by atoms with Gasteiger partial charge in [-0.2, -0.15) is 9.57 Å². The molecule has 6 nitrogen and oxygen atoms in total. The Hall–Kier alpha value is -1.65. The van der Waals surface area contributed by atoms with E-state index in [1.165, 1.54) is 12.6 Å². The van der Waals surface area contributed by atoms with Gasteiger partial charge in [-0.05, 0) is 43.6 Å². The molecule has 4 rings (SSSR count). The van der Waals surface area contributed by atoms with Crippen molar-refractivity contribution in [2.24, 2.45) is 11.8 Å². The van der Waals surface area contributed by atoms with Crippen LogP contribution in [0.4, 0.5) is 0 Å². The fourth-order valence-electron chi connectivity index (χ4n) is 4.45. The summed E-state index contributed by atoms with van der Waals surface area (Å²) < 4.78 is 33.3. The number of nitriles is 1. The summed E-state index contributed by atoms with van der Waals surface area (Å²) in [5, 5.41) is 8.60. The third-order valence-corrected chi connectivity index (χ3v) is 8.07. The molecule has 24 heavy (non-hydrogen) atoms. The SMILES string of the molecule is N#Cc1ccc(OC2CCN(S(=O)(=O)C3C[C@@H]4CC[C@H]3C4)C2)nc1. The van der Waals surface area contributed by atoms with Crippen molar-refractivity contribution < 1.29 is 13.2 Å². The molecule has 7 heteroatoms. The minimum absolute atomic E-state index is 0.168. The Balaban J connectivity index is 1.40. The largest absolute Gasteiger partial charge is 0.473 e. The maximum Gasteiger partial charge on any atom is 0.217 e. The zero-order valence-electron chi connectivity index (χ0n) is 13.5. The number of rotatable bonds is 4. The van der Waals surface area contributed by atoms with Crippen LogP contribution in [-0.2, 0) is 10.0 Å². The number of fused-ring (bicyclic) bond motifs is 2. The Morgan fingerprint density at radius 1 is 1.25 bits per heavy atom. The van der Waals surface area contributed by atoms with Crippen molar-refractivity contribution in [3.63, 3.8) is 0 Å². The number of pyridine rings is 1. The van der Waals surface area contributed by atoms with Crippen LogP contribution < -0.4 is 4.74 Å². The molecule has 2 bridgehead atoms. The van der Waals surface area contributed by atoms with Crippen molar-refractivity contribution in [3.05, 3.63) is 23.9 Å². The fourth-order valence-corrected chi connectivity index (χ4v) is 6.82. The molecule has 3 aliphatic rings. The maximum absolute atomic E-state index is 12.9. The molecule has 4 atom stereocenters. The zero-order chi connectivity index (χ0) is 16.7. The van der Waals surface area contributed by atoms with Gasteiger partial charge >= 0.3 is 0 Å². The fraction of sp³-hybridized carbons (Fsp3) is 0.647. The first kappa shape index (κ1) is 15.9. The lowest BCUT2D eigenvalue weighted by Crippen LogP contribution is -2.40. The summed E-state index contributed by atoms with van der Waals surface area (Å²) in [6.07, 6.45) is 6.18. The molecule has 0 radical (unpaired) electrons. The van der Waals surface area contributed by atoms with Gasteiger partial charge in [0.15, 0.2) is 0 Å². The van der Waals surface area contributed by atoms with Gasteiger partial charge in [0.2, 0.25) is 15.9 Å². The van der Waals surface area contributed by atoms with Gasteiger partial charge in [-0.25, -0.2) is 13.4 Å². The second-order valence-corrected chi connectivity index (χ2v) is 9.29. The molecule has 2 aliphatic carbocycles. The highest BCUT2D eigenvalue weighted by molar-refractivity contribution is 7.89. The van der Waals surface area contributed by atoms with Crippen LogP contribution in [-0.4, -0.2) is 42.2 Å². The molecule has 1 aromatic rings. The maximum atomic E-state index is 12.9. The highest BCUT2D eigenvalue weighted by atomic mass is 32.2. The van der Waals surface area contributed by atoms with Gasteiger partial charge in [-0.15, -0.1) is 0 Å². The molecule has 2 unspecified atom stereocenters. The molecule has 0 N–H and O–H groups in total. The quantitative estimate of drug-likeness (QED) is 0.831. The summed E-state index contributed by atoms with van der Waals surface area (Å²) in [5.41, 5.74) is 0.481. The molecule has 0 aromatic carbocycles. The monoisotopic (exact) mass is 347 g/mol. The number of nitrogens with zero attached hydrogens (tertiary/aromatic N) is 3. The molecular formula is C17H21N3O3S. The van der Waals surface area contributed by atoms with Crippen molar-refractivity contribution in [1.82, 2.24) is 9.29 Å². The normalized spacial score (nSPS) is 32.8. The first-order valence-corrected chi connectivity index (χ1v) is 10.1. The molecule has 1 aliphatic heterocycles. The molecule has 0 spiro atoms. The van der Waals surface area contributed by atoms with Crippen LogP contribution in [0.3, 0.4) is 0 Å². The Morgan fingerprint density at radius 2 is 2.12 bits per heavy atom. The number of hydrogen-bond acceptors (Lipinski definition) is 5. The van der Waals surface area contributed by atoms with Crippen LogP contribution in [0.1, 0.15) is 37.7 Å². The van der Waals surface area contributed by atoms with Gasteiger partial charge in [0.05, 0.1) is 17.4 Å². The molecule has 1 saturated heterocycles. The van der Waals surface area contributed by atoms with Crippen molar-refractivity contribution in [1.29, 1.82) is 5.26 Å². The Kier molecular flexibility index (Phi) is 3.97. The first-order valence-electron chi connectivity index (χ1n) is 8.58. The summed E-state index contributed by atoms with van der Waals surface area (Å²) in [6, 6.07) is 5.33. The highest BCUT2D eigenvalue weighted by Crippen LogP contribution is 2.48. The van der Waals surface area contributed by atoms with Gasteiger partial charge in [-0.3, -0.25) is 0 Å². The van der Waals surface area contributed by atoms with Crippen LogP contribution >= 0.6 is 0 Å². The number of ether oxygens (including phenoxy) is 1. The second-order valence-electron chi connectivity index (χ2n) is 7.14. The van der Waals surface area contributed by atoms with E-state index < -0.39 is 10.0 Å². The lowest BCUT2D eigenvalue weighted by Gasteiger charge is -2.27. The summed E-state index contributed by atoms with van der Waals surface area (Å²) >= 11 is 0. The van der Waals surface area contributed by atoms with Crippen LogP contribution in [0.2, 0.25) is 0 Å². The molecule has 128 valence electrons. The predicted molar refractivity (Wildman–Crippen MR) is 87.7 cm³/mol. The average Bonchev–Trinajstić information content (AvgIpc) is 3.32. The zero-order valence-corrected chi connectivity index (χ0v) is 14.3. The summed E-state index contributed by atoms with van der Waals surface area (Å²) in [4.78, 5) is 4.10. The van der Waals surface area contributed by atoms with E-state index in [0.29, 0.717) is 42.8 Å². The van der Waals surface area contributed by atoms with Gasteiger partial charge in [0, 0.05) is 18.8 Å². The van der Waals surface area contributed by atoms with Crippen LogP contribution in [0.5, 0.6) is 5.88 Å². The minimum Gasteiger partial charge on any atom is -0.473 e. The lowest BCUT2D eigenvalue weighted by atomic mass is 10.0. The third-order valence-electron chi connectivity index (χ3n) is 5.68. The van der Waals surface area contributed by atoms with Crippen molar-refractivity contribution in [3.8, 4) is 11.9 Å². The minimum atomic E-state index is -3.22. The van der Waals surface area contributed by atoms with Gasteiger partial charge in [0.25, 0.3) is 0 Å². The molecular weight excluding hydrogens is 326 g/mol. The predicted octanol–water partition coefficient (Wildman–Crippen LogP) is 1.92. The van der Waals surface area contributed by atoms with E-state index in [-0.39, 0.29) is 11.4 Å². The van der Waals surface area contributed by atoms with E-state index in [1.54, 1.807) is 16.4 Å². The Bertz CT molecular complexity index is 756. The second kappa shape index (κ2) is 6.01. The number of hydrogen-bond donors (Lipinski definition) is 0. The van der Waals surface area contributed by atoms with E-state index in [0.717, 1.165) is 19.3 Å². The molecule has 0 amide bonds. The van der Waals surface area contributed by atoms with Crippen molar-refractivity contribution >= 4 is 10.0 Å².